The zero-order chi connectivity index (χ0) is 14.2. The average Bonchev–Trinajstić information content (AvgIpc) is 2.33. The molecule has 0 saturated carbocycles. The lowest BCUT2D eigenvalue weighted by Gasteiger charge is -2.15. The Balaban J connectivity index is 2.49. The Bertz CT molecular complexity index is 620. The molecule has 0 radical (unpaired) electrons. The summed E-state index contributed by atoms with van der Waals surface area (Å²) >= 11 is 6.36. The highest BCUT2D eigenvalue weighted by Crippen LogP contribution is 2.33. The van der Waals surface area contributed by atoms with Crippen LogP contribution in [-0.2, 0) is 0 Å². The molecule has 0 fully saturated rings. The summed E-state index contributed by atoms with van der Waals surface area (Å²) in [5.74, 6) is -1.16. The maximum Gasteiger partial charge on any atom is 0.131 e. The average molecular weight is 281 g/mol. The number of rotatable bonds is 2. The molecule has 0 aliphatic carbocycles. The van der Waals surface area contributed by atoms with Crippen molar-refractivity contribution in [1.29, 1.82) is 0 Å². The van der Waals surface area contributed by atoms with Crippen molar-refractivity contribution in [2.75, 3.05) is 0 Å². The normalized spacial score (nSPS) is 12.5. The van der Waals surface area contributed by atoms with Crippen molar-refractivity contribution in [3.05, 3.63) is 69.8 Å². The largest absolute Gasteiger partial charge is 0.207 e. The first-order valence-corrected chi connectivity index (χ1v) is 6.50. The van der Waals surface area contributed by atoms with Gasteiger partial charge in [0.15, 0.2) is 0 Å². The van der Waals surface area contributed by atoms with Crippen molar-refractivity contribution in [2.45, 2.75) is 26.1 Å². The van der Waals surface area contributed by atoms with Gasteiger partial charge in [0.2, 0.25) is 0 Å². The van der Waals surface area contributed by atoms with Crippen molar-refractivity contribution in [1.82, 2.24) is 0 Å². The first-order valence-electron chi connectivity index (χ1n) is 6.07. The van der Waals surface area contributed by atoms with E-state index in [9.17, 15) is 8.78 Å². The minimum atomic E-state index is -0.611. The van der Waals surface area contributed by atoms with Crippen LogP contribution in [0.15, 0.2) is 30.3 Å². The van der Waals surface area contributed by atoms with Crippen molar-refractivity contribution in [3.8, 4) is 0 Å². The van der Waals surface area contributed by atoms with E-state index in [4.69, 9.17) is 11.6 Å². The van der Waals surface area contributed by atoms with Crippen molar-refractivity contribution < 1.29 is 8.78 Å². The molecule has 1 atom stereocenters. The maximum atomic E-state index is 13.9. The highest BCUT2D eigenvalue weighted by Gasteiger charge is 2.18. The standard InChI is InChI=1S/C16H15ClF2/c1-9-4-5-12(10(2)6-9)16(17)13-7-11(3)14(18)8-15(13)19/h4-8,16H,1-3H3. The van der Waals surface area contributed by atoms with Crippen LogP contribution in [-0.4, -0.2) is 0 Å². The van der Waals surface area contributed by atoms with Crippen molar-refractivity contribution >= 4 is 11.6 Å². The van der Waals surface area contributed by atoms with E-state index in [2.05, 4.69) is 0 Å². The summed E-state index contributed by atoms with van der Waals surface area (Å²) in [4.78, 5) is 0. The number of alkyl halides is 1. The quantitative estimate of drug-likeness (QED) is 0.662. The Labute approximate surface area is 117 Å². The lowest BCUT2D eigenvalue weighted by atomic mass is 9.97. The SMILES string of the molecule is Cc1ccc(C(Cl)c2cc(C)c(F)cc2F)c(C)c1. The van der Waals surface area contributed by atoms with Gasteiger partial charge in [-0.05, 0) is 43.5 Å². The van der Waals surface area contributed by atoms with E-state index in [1.807, 2.05) is 32.0 Å². The van der Waals surface area contributed by atoms with Crippen LogP contribution in [0.2, 0.25) is 0 Å². The first kappa shape index (κ1) is 14.0. The van der Waals surface area contributed by atoms with Crippen LogP contribution in [0.5, 0.6) is 0 Å². The van der Waals surface area contributed by atoms with Crippen LogP contribution < -0.4 is 0 Å². The molecule has 0 spiro atoms. The van der Waals surface area contributed by atoms with Crippen molar-refractivity contribution in [2.24, 2.45) is 0 Å². The Hall–Kier alpha value is -1.41. The third kappa shape index (κ3) is 2.79. The Morgan fingerprint density at radius 3 is 2.16 bits per heavy atom. The Morgan fingerprint density at radius 2 is 1.53 bits per heavy atom. The topological polar surface area (TPSA) is 0 Å². The molecule has 0 nitrogen and oxygen atoms in total. The summed E-state index contributed by atoms with van der Waals surface area (Å²) in [5.41, 5.74) is 3.68. The number of aryl methyl sites for hydroxylation is 3. The van der Waals surface area contributed by atoms with Gasteiger partial charge in [-0.1, -0.05) is 23.8 Å². The number of hydrogen-bond acceptors (Lipinski definition) is 0. The molecule has 2 aromatic rings. The molecule has 100 valence electrons. The van der Waals surface area contributed by atoms with E-state index in [-0.39, 0.29) is 0 Å². The van der Waals surface area contributed by atoms with Crippen LogP contribution in [0.3, 0.4) is 0 Å². The van der Waals surface area contributed by atoms with E-state index in [0.717, 1.165) is 22.8 Å². The highest BCUT2D eigenvalue weighted by atomic mass is 35.5. The fourth-order valence-electron chi connectivity index (χ4n) is 2.15. The number of halogens is 3. The highest BCUT2D eigenvalue weighted by molar-refractivity contribution is 6.22. The predicted octanol–water partition coefficient (Wildman–Crippen LogP) is 5.22. The molecule has 0 aliphatic rings. The molecular formula is C16H15ClF2. The fourth-order valence-corrected chi connectivity index (χ4v) is 2.56. The molecule has 1 unspecified atom stereocenters. The van der Waals surface area contributed by atoms with Gasteiger partial charge in [0, 0.05) is 11.6 Å². The molecule has 19 heavy (non-hydrogen) atoms. The Kier molecular flexibility index (Phi) is 3.91. The molecule has 2 aromatic carbocycles. The molecule has 2 rings (SSSR count). The lowest BCUT2D eigenvalue weighted by Crippen LogP contribution is -2.01. The Morgan fingerprint density at radius 1 is 0.842 bits per heavy atom. The van der Waals surface area contributed by atoms with E-state index in [0.29, 0.717) is 11.1 Å². The summed E-state index contributed by atoms with van der Waals surface area (Å²) in [6.45, 7) is 5.53. The van der Waals surface area contributed by atoms with Gasteiger partial charge >= 0.3 is 0 Å². The molecule has 3 heteroatoms. The second kappa shape index (κ2) is 5.30. The minimum Gasteiger partial charge on any atom is -0.207 e. The van der Waals surface area contributed by atoms with Gasteiger partial charge in [0.05, 0.1) is 5.38 Å². The first-order chi connectivity index (χ1) is 8.90. The van der Waals surface area contributed by atoms with Crippen LogP contribution in [0, 0.1) is 32.4 Å². The summed E-state index contributed by atoms with van der Waals surface area (Å²) < 4.78 is 27.1. The summed E-state index contributed by atoms with van der Waals surface area (Å²) in [6.07, 6.45) is 0. The lowest BCUT2D eigenvalue weighted by molar-refractivity contribution is 0.568. The second-order valence-electron chi connectivity index (χ2n) is 4.85. The molecule has 0 amide bonds. The maximum absolute atomic E-state index is 13.9. The van der Waals surface area contributed by atoms with E-state index in [1.165, 1.54) is 6.07 Å². The fraction of sp³-hybridized carbons (Fsp3) is 0.250. The third-order valence-electron chi connectivity index (χ3n) is 3.25. The molecule has 0 aliphatic heterocycles. The molecule has 0 aromatic heterocycles. The van der Waals surface area contributed by atoms with Gasteiger partial charge in [-0.3, -0.25) is 0 Å². The molecule has 0 saturated heterocycles. The molecule has 0 heterocycles. The van der Waals surface area contributed by atoms with Crippen LogP contribution in [0.1, 0.15) is 33.2 Å². The van der Waals surface area contributed by atoms with Gasteiger partial charge < -0.3 is 0 Å². The molecule has 0 N–H and O–H groups in total. The van der Waals surface area contributed by atoms with Gasteiger partial charge in [-0.2, -0.15) is 0 Å². The van der Waals surface area contributed by atoms with Gasteiger partial charge in [-0.25, -0.2) is 8.78 Å². The third-order valence-corrected chi connectivity index (χ3v) is 3.72. The predicted molar refractivity (Wildman–Crippen MR) is 74.7 cm³/mol. The minimum absolute atomic E-state index is 0.313. The van der Waals surface area contributed by atoms with E-state index >= 15 is 0 Å². The smallest absolute Gasteiger partial charge is 0.131 e. The van der Waals surface area contributed by atoms with Gasteiger partial charge in [-0.15, -0.1) is 11.6 Å². The van der Waals surface area contributed by atoms with Gasteiger partial charge in [0.1, 0.15) is 11.6 Å². The van der Waals surface area contributed by atoms with Gasteiger partial charge in [0.25, 0.3) is 0 Å². The van der Waals surface area contributed by atoms with Crippen LogP contribution in [0.4, 0.5) is 8.78 Å². The molecular weight excluding hydrogens is 266 g/mol. The number of benzene rings is 2. The monoisotopic (exact) mass is 280 g/mol. The van der Waals surface area contributed by atoms with Crippen LogP contribution in [0.25, 0.3) is 0 Å². The van der Waals surface area contributed by atoms with Crippen molar-refractivity contribution in [3.63, 3.8) is 0 Å². The summed E-state index contributed by atoms with van der Waals surface area (Å²) in [5, 5.41) is -0.611. The zero-order valence-corrected chi connectivity index (χ0v) is 11.9. The zero-order valence-electron chi connectivity index (χ0n) is 11.1. The second-order valence-corrected chi connectivity index (χ2v) is 5.28. The van der Waals surface area contributed by atoms with E-state index in [1.54, 1.807) is 6.92 Å². The van der Waals surface area contributed by atoms with Crippen LogP contribution >= 0.6 is 11.6 Å². The summed E-state index contributed by atoms with van der Waals surface area (Å²) in [6, 6.07) is 8.19. The number of hydrogen-bond donors (Lipinski definition) is 0. The summed E-state index contributed by atoms with van der Waals surface area (Å²) in [7, 11) is 0. The van der Waals surface area contributed by atoms with E-state index < -0.39 is 17.0 Å². The molecule has 0 bridgehead atoms.